The van der Waals surface area contributed by atoms with E-state index >= 15 is 0 Å². The average Bonchev–Trinajstić information content (AvgIpc) is 2.88. The molecule has 0 unspecified atom stereocenters. The van der Waals surface area contributed by atoms with Crippen LogP contribution in [0.5, 0.6) is 0 Å². The maximum absolute atomic E-state index is 4.27. The molecule has 3 heterocycles. The van der Waals surface area contributed by atoms with E-state index in [9.17, 15) is 0 Å². The third kappa shape index (κ3) is 1.43. The minimum atomic E-state index is 1.07. The number of pyridine rings is 1. The molecular weight excluding hydrogens is 303 g/mol. The van der Waals surface area contributed by atoms with Crippen LogP contribution in [-0.4, -0.2) is 19.8 Å². The minimum absolute atomic E-state index is 1.07. The zero-order valence-electron chi connectivity index (χ0n) is 7.68. The van der Waals surface area contributed by atoms with Crippen molar-refractivity contribution < 1.29 is 0 Å². The molecule has 0 saturated carbocycles. The average molecular weight is 310 g/mol. The molecule has 0 amide bonds. The largest absolute Gasteiger partial charge is 0.285 e. The van der Waals surface area contributed by atoms with E-state index in [0.717, 1.165) is 20.2 Å². The van der Waals surface area contributed by atoms with Gasteiger partial charge in [0.05, 0.1) is 21.5 Å². The Labute approximate surface area is 99.5 Å². The Hall–Kier alpha value is -1.37. The Kier molecular flexibility index (Phi) is 1.98. The predicted octanol–water partition coefficient (Wildman–Crippen LogP) is 2.33. The molecule has 5 heteroatoms. The molecule has 3 aromatic heterocycles. The second kappa shape index (κ2) is 3.34. The van der Waals surface area contributed by atoms with Gasteiger partial charge in [0.2, 0.25) is 0 Å². The van der Waals surface area contributed by atoms with Crippen LogP contribution >= 0.6 is 22.6 Å². The summed E-state index contributed by atoms with van der Waals surface area (Å²) in [7, 11) is 0. The number of halogens is 1. The lowest BCUT2D eigenvalue weighted by Gasteiger charge is -1.98. The maximum Gasteiger partial charge on any atom is 0.0795 e. The van der Waals surface area contributed by atoms with Gasteiger partial charge in [-0.3, -0.25) is 5.10 Å². The van der Waals surface area contributed by atoms with Crippen molar-refractivity contribution in [1.82, 2.24) is 19.8 Å². The van der Waals surface area contributed by atoms with Gasteiger partial charge in [-0.1, -0.05) is 6.07 Å². The monoisotopic (exact) mass is 310 g/mol. The summed E-state index contributed by atoms with van der Waals surface area (Å²) < 4.78 is 3.04. The van der Waals surface area contributed by atoms with Gasteiger partial charge < -0.3 is 0 Å². The van der Waals surface area contributed by atoms with Crippen molar-refractivity contribution in [1.29, 1.82) is 0 Å². The lowest BCUT2D eigenvalue weighted by Crippen LogP contribution is -1.87. The quantitative estimate of drug-likeness (QED) is 0.701. The zero-order valence-corrected chi connectivity index (χ0v) is 9.84. The van der Waals surface area contributed by atoms with Crippen LogP contribution < -0.4 is 0 Å². The third-order valence-electron chi connectivity index (χ3n) is 2.30. The number of H-pyrrole nitrogens is 1. The number of aromatic nitrogens is 4. The van der Waals surface area contributed by atoms with Crippen LogP contribution in [0.1, 0.15) is 0 Å². The van der Waals surface area contributed by atoms with Crippen molar-refractivity contribution >= 4 is 28.1 Å². The molecule has 3 aromatic rings. The van der Waals surface area contributed by atoms with Crippen molar-refractivity contribution in [3.63, 3.8) is 0 Å². The first-order chi connectivity index (χ1) is 7.34. The first kappa shape index (κ1) is 8.90. The number of fused-ring (bicyclic) bond motifs is 1. The highest BCUT2D eigenvalue weighted by molar-refractivity contribution is 14.1. The van der Waals surface area contributed by atoms with Gasteiger partial charge in [-0.25, -0.2) is 4.52 Å². The highest BCUT2D eigenvalue weighted by Gasteiger charge is 2.03. The summed E-state index contributed by atoms with van der Waals surface area (Å²) in [6, 6.07) is 4.14. The molecule has 0 radical (unpaired) electrons. The van der Waals surface area contributed by atoms with Crippen LogP contribution in [-0.2, 0) is 0 Å². The number of rotatable bonds is 1. The van der Waals surface area contributed by atoms with E-state index in [1.807, 2.05) is 23.1 Å². The van der Waals surface area contributed by atoms with Gasteiger partial charge in [0.15, 0.2) is 0 Å². The summed E-state index contributed by atoms with van der Waals surface area (Å²) in [4.78, 5) is 0. The standard InChI is InChI=1S/C10H7IN4/c11-9-5-14-15-6-7(1-2-10(9)15)8-3-12-13-4-8/h1-6H,(H,12,13). The Balaban J connectivity index is 2.23. The highest BCUT2D eigenvalue weighted by atomic mass is 127. The van der Waals surface area contributed by atoms with E-state index in [-0.39, 0.29) is 0 Å². The molecule has 0 aliphatic rings. The molecule has 0 spiro atoms. The van der Waals surface area contributed by atoms with Gasteiger partial charge in [-0.15, -0.1) is 0 Å². The number of aromatic amines is 1. The first-order valence-electron chi connectivity index (χ1n) is 4.46. The number of nitrogens with zero attached hydrogens (tertiary/aromatic N) is 3. The number of hydrogen-bond acceptors (Lipinski definition) is 2. The SMILES string of the molecule is Ic1cnn2cc(-c3cn[nH]c3)ccc12. The van der Waals surface area contributed by atoms with Gasteiger partial charge >= 0.3 is 0 Å². The summed E-state index contributed by atoms with van der Waals surface area (Å²) in [5.74, 6) is 0. The Morgan fingerprint density at radius 2 is 2.13 bits per heavy atom. The van der Waals surface area contributed by atoms with E-state index in [1.54, 1.807) is 6.20 Å². The Morgan fingerprint density at radius 1 is 1.20 bits per heavy atom. The number of hydrogen-bond donors (Lipinski definition) is 1. The van der Waals surface area contributed by atoms with Gasteiger partial charge in [-0.05, 0) is 28.7 Å². The second-order valence-corrected chi connectivity index (χ2v) is 4.39. The molecule has 0 saturated heterocycles. The molecule has 0 aromatic carbocycles. The second-order valence-electron chi connectivity index (χ2n) is 3.23. The smallest absolute Gasteiger partial charge is 0.0795 e. The molecule has 0 fully saturated rings. The van der Waals surface area contributed by atoms with Crippen LogP contribution in [0, 0.1) is 3.57 Å². The lowest BCUT2D eigenvalue weighted by molar-refractivity contribution is 0.963. The highest BCUT2D eigenvalue weighted by Crippen LogP contribution is 2.20. The fourth-order valence-corrected chi connectivity index (χ4v) is 2.08. The fraction of sp³-hybridized carbons (Fsp3) is 0. The Morgan fingerprint density at radius 3 is 2.93 bits per heavy atom. The van der Waals surface area contributed by atoms with E-state index in [2.05, 4.69) is 50.0 Å². The third-order valence-corrected chi connectivity index (χ3v) is 3.13. The summed E-state index contributed by atoms with van der Waals surface area (Å²) in [5.41, 5.74) is 3.31. The molecule has 4 nitrogen and oxygen atoms in total. The van der Waals surface area contributed by atoms with Crippen LogP contribution in [0.25, 0.3) is 16.6 Å². The van der Waals surface area contributed by atoms with Gasteiger partial charge in [0, 0.05) is 23.5 Å². The fourth-order valence-electron chi connectivity index (χ4n) is 1.53. The van der Waals surface area contributed by atoms with Crippen molar-refractivity contribution in [3.8, 4) is 11.1 Å². The van der Waals surface area contributed by atoms with Gasteiger partial charge in [-0.2, -0.15) is 10.2 Å². The molecule has 0 aliphatic heterocycles. The van der Waals surface area contributed by atoms with Crippen molar-refractivity contribution in [3.05, 3.63) is 40.5 Å². The van der Waals surface area contributed by atoms with Crippen LogP contribution in [0.15, 0.2) is 36.9 Å². The van der Waals surface area contributed by atoms with Crippen LogP contribution in [0.2, 0.25) is 0 Å². The van der Waals surface area contributed by atoms with Crippen LogP contribution in [0.4, 0.5) is 0 Å². The van der Waals surface area contributed by atoms with E-state index in [1.165, 1.54) is 0 Å². The van der Waals surface area contributed by atoms with Crippen molar-refractivity contribution in [2.45, 2.75) is 0 Å². The van der Waals surface area contributed by atoms with Crippen molar-refractivity contribution in [2.24, 2.45) is 0 Å². The molecule has 15 heavy (non-hydrogen) atoms. The summed E-state index contributed by atoms with van der Waals surface area (Å²) in [5, 5.41) is 11.0. The lowest BCUT2D eigenvalue weighted by atomic mass is 10.2. The molecule has 1 N–H and O–H groups in total. The summed E-state index contributed by atoms with van der Waals surface area (Å²) in [6.45, 7) is 0. The molecule has 74 valence electrons. The molecule has 0 bridgehead atoms. The zero-order chi connectivity index (χ0) is 10.3. The van der Waals surface area contributed by atoms with E-state index in [0.29, 0.717) is 0 Å². The summed E-state index contributed by atoms with van der Waals surface area (Å²) in [6.07, 6.45) is 7.53. The minimum Gasteiger partial charge on any atom is -0.285 e. The molecule has 0 atom stereocenters. The van der Waals surface area contributed by atoms with Gasteiger partial charge in [0.25, 0.3) is 0 Å². The normalized spacial score (nSPS) is 11.0. The van der Waals surface area contributed by atoms with Crippen LogP contribution in [0.3, 0.4) is 0 Å². The maximum atomic E-state index is 4.27. The van der Waals surface area contributed by atoms with Crippen molar-refractivity contribution in [2.75, 3.05) is 0 Å². The number of nitrogens with one attached hydrogen (secondary N) is 1. The van der Waals surface area contributed by atoms with E-state index in [4.69, 9.17) is 0 Å². The molecule has 3 rings (SSSR count). The predicted molar refractivity (Wildman–Crippen MR) is 65.5 cm³/mol. The first-order valence-corrected chi connectivity index (χ1v) is 5.54. The van der Waals surface area contributed by atoms with Gasteiger partial charge in [0.1, 0.15) is 0 Å². The molecular formula is C10H7IN4. The summed E-state index contributed by atoms with van der Waals surface area (Å²) >= 11 is 2.28. The van der Waals surface area contributed by atoms with E-state index < -0.39 is 0 Å². The Bertz CT molecular complexity index is 597. The molecule has 0 aliphatic carbocycles. The topological polar surface area (TPSA) is 46.0 Å².